The van der Waals surface area contributed by atoms with E-state index in [1.54, 1.807) is 13.8 Å². The Balaban J connectivity index is 2.09. The van der Waals surface area contributed by atoms with Crippen LogP contribution in [0.2, 0.25) is 0 Å². The molecular weight excluding hydrogens is 345 g/mol. The molecule has 0 saturated heterocycles. The van der Waals surface area contributed by atoms with Crippen LogP contribution in [0.3, 0.4) is 0 Å². The van der Waals surface area contributed by atoms with Crippen LogP contribution in [0.4, 0.5) is 4.79 Å². The van der Waals surface area contributed by atoms with Crippen LogP contribution in [-0.2, 0) is 31.7 Å². The summed E-state index contributed by atoms with van der Waals surface area (Å²) in [6, 6.07) is 7.58. The summed E-state index contributed by atoms with van der Waals surface area (Å²) in [5.74, 6) is -0.662. The lowest BCUT2D eigenvalue weighted by molar-refractivity contribution is -0.179. The van der Waals surface area contributed by atoms with Gasteiger partial charge in [0, 0.05) is 13.0 Å². The summed E-state index contributed by atoms with van der Waals surface area (Å²) in [6.07, 6.45) is -0.522. The van der Waals surface area contributed by atoms with E-state index in [9.17, 15) is 19.0 Å². The van der Waals surface area contributed by atoms with Crippen molar-refractivity contribution in [2.75, 3.05) is 26.0 Å². The number of carbonyl (C=O) groups is 2. The van der Waals surface area contributed by atoms with Gasteiger partial charge in [-0.15, -0.1) is 0 Å². The van der Waals surface area contributed by atoms with Crippen molar-refractivity contribution in [2.45, 2.75) is 32.3 Å². The van der Waals surface area contributed by atoms with Gasteiger partial charge in [0.1, 0.15) is 6.54 Å². The Labute approximate surface area is 147 Å². The SMILES string of the molecule is CCOC(=O)CN(CP(=O)([O-])C1Cc2ccccc2C1)C(=O)OCC. The van der Waals surface area contributed by atoms with Gasteiger partial charge in [0.05, 0.1) is 19.5 Å². The largest absolute Gasteiger partial charge is 0.798 e. The van der Waals surface area contributed by atoms with Gasteiger partial charge in [-0.25, -0.2) is 4.79 Å². The van der Waals surface area contributed by atoms with E-state index in [0.29, 0.717) is 12.8 Å². The van der Waals surface area contributed by atoms with Gasteiger partial charge in [-0.1, -0.05) is 24.3 Å². The summed E-state index contributed by atoms with van der Waals surface area (Å²) in [5, 5.41) is 0. The number of nitrogens with zero attached hydrogens (tertiary/aromatic N) is 1. The number of esters is 1. The second-order valence-electron chi connectivity index (χ2n) is 5.90. The molecule has 1 aliphatic carbocycles. The average molecular weight is 368 g/mol. The number of hydrogen-bond donors (Lipinski definition) is 0. The van der Waals surface area contributed by atoms with Gasteiger partial charge < -0.3 is 18.9 Å². The third-order valence-electron chi connectivity index (χ3n) is 4.10. The maximum atomic E-state index is 12.8. The van der Waals surface area contributed by atoms with E-state index in [-0.39, 0.29) is 13.2 Å². The van der Waals surface area contributed by atoms with Gasteiger partial charge in [-0.3, -0.25) is 9.69 Å². The highest BCUT2D eigenvalue weighted by molar-refractivity contribution is 7.57. The molecule has 1 unspecified atom stereocenters. The molecule has 2 rings (SSSR count). The monoisotopic (exact) mass is 368 g/mol. The third kappa shape index (κ3) is 5.06. The lowest BCUT2D eigenvalue weighted by atomic mass is 10.1. The number of ether oxygens (including phenoxy) is 2. The van der Waals surface area contributed by atoms with Crippen LogP contribution in [0.25, 0.3) is 0 Å². The molecule has 0 aliphatic heterocycles. The predicted molar refractivity (Wildman–Crippen MR) is 90.5 cm³/mol. The zero-order chi connectivity index (χ0) is 18.4. The molecule has 0 heterocycles. The Hall–Kier alpha value is -1.85. The minimum Gasteiger partial charge on any atom is -0.798 e. The molecule has 8 heteroatoms. The topological polar surface area (TPSA) is 96.0 Å². The minimum atomic E-state index is -3.96. The Kier molecular flexibility index (Phi) is 6.62. The first-order valence-corrected chi connectivity index (χ1v) is 10.2. The smallest absolute Gasteiger partial charge is 0.410 e. The number of rotatable bonds is 7. The Morgan fingerprint density at radius 2 is 1.72 bits per heavy atom. The minimum absolute atomic E-state index is 0.0934. The van der Waals surface area contributed by atoms with E-state index in [2.05, 4.69) is 0 Å². The second kappa shape index (κ2) is 8.50. The first-order chi connectivity index (χ1) is 11.9. The van der Waals surface area contributed by atoms with Crippen molar-refractivity contribution >= 4 is 19.4 Å². The molecule has 0 aromatic heterocycles. The number of carbonyl (C=O) groups excluding carboxylic acids is 2. The molecule has 7 nitrogen and oxygen atoms in total. The van der Waals surface area contributed by atoms with E-state index in [0.717, 1.165) is 16.0 Å². The van der Waals surface area contributed by atoms with Crippen molar-refractivity contribution in [3.8, 4) is 0 Å². The van der Waals surface area contributed by atoms with Crippen LogP contribution in [0.15, 0.2) is 24.3 Å². The lowest BCUT2D eigenvalue weighted by Crippen LogP contribution is -2.40. The number of hydrogen-bond acceptors (Lipinski definition) is 6. The summed E-state index contributed by atoms with van der Waals surface area (Å²) in [7, 11) is -3.96. The zero-order valence-electron chi connectivity index (χ0n) is 14.5. The van der Waals surface area contributed by atoms with E-state index in [1.165, 1.54) is 0 Å². The Morgan fingerprint density at radius 3 is 2.24 bits per heavy atom. The molecule has 1 aromatic rings. The quantitative estimate of drug-likeness (QED) is 0.538. The number of fused-ring (bicyclic) bond motifs is 1. The standard InChI is InChI=1S/C17H24NO6P/c1-3-23-16(19)11-18(17(20)24-4-2)12-25(21,22)15-9-13-7-5-6-8-14(13)10-15/h5-8,15H,3-4,9-12H2,1-2H3,(H,21,22)/p-1. The molecule has 0 saturated carbocycles. The van der Waals surface area contributed by atoms with Gasteiger partial charge in [-0.2, -0.15) is 0 Å². The van der Waals surface area contributed by atoms with E-state index in [4.69, 9.17) is 9.47 Å². The van der Waals surface area contributed by atoms with Crippen LogP contribution in [0, 0.1) is 0 Å². The maximum absolute atomic E-state index is 12.8. The van der Waals surface area contributed by atoms with Gasteiger partial charge in [0.15, 0.2) is 0 Å². The highest BCUT2D eigenvalue weighted by Crippen LogP contribution is 2.48. The van der Waals surface area contributed by atoms with Crippen molar-refractivity contribution in [3.05, 3.63) is 35.4 Å². The van der Waals surface area contributed by atoms with E-state index in [1.807, 2.05) is 24.3 Å². The zero-order valence-corrected chi connectivity index (χ0v) is 15.4. The summed E-state index contributed by atoms with van der Waals surface area (Å²) in [5.41, 5.74) is 1.44. The molecule has 0 spiro atoms. The van der Waals surface area contributed by atoms with Gasteiger partial charge in [0.2, 0.25) is 0 Å². The van der Waals surface area contributed by atoms with Crippen LogP contribution in [0.1, 0.15) is 25.0 Å². The van der Waals surface area contributed by atoms with Crippen LogP contribution in [0.5, 0.6) is 0 Å². The first-order valence-electron chi connectivity index (χ1n) is 8.31. The maximum Gasteiger partial charge on any atom is 0.410 e. The normalized spacial score (nSPS) is 16.0. The van der Waals surface area contributed by atoms with Crippen molar-refractivity contribution in [2.24, 2.45) is 0 Å². The van der Waals surface area contributed by atoms with Gasteiger partial charge in [-0.05, 0) is 37.8 Å². The molecule has 25 heavy (non-hydrogen) atoms. The van der Waals surface area contributed by atoms with Crippen molar-refractivity contribution in [1.29, 1.82) is 0 Å². The molecule has 0 N–H and O–H groups in total. The van der Waals surface area contributed by atoms with Crippen LogP contribution in [-0.4, -0.2) is 48.7 Å². The first kappa shape index (κ1) is 19.5. The Bertz CT molecular complexity index is 652. The number of benzene rings is 1. The number of amides is 1. The molecule has 1 aliphatic rings. The molecular formula is C17H23NO6P-. The molecule has 0 fully saturated rings. The van der Waals surface area contributed by atoms with Crippen LogP contribution < -0.4 is 4.89 Å². The van der Waals surface area contributed by atoms with E-state index >= 15 is 0 Å². The van der Waals surface area contributed by atoms with Crippen molar-refractivity contribution < 1.29 is 28.5 Å². The molecule has 0 radical (unpaired) electrons. The van der Waals surface area contributed by atoms with Crippen molar-refractivity contribution in [1.82, 2.24) is 4.90 Å². The molecule has 1 atom stereocenters. The van der Waals surface area contributed by atoms with Crippen molar-refractivity contribution in [3.63, 3.8) is 0 Å². The molecule has 0 bridgehead atoms. The molecule has 1 amide bonds. The molecule has 1 aromatic carbocycles. The Morgan fingerprint density at radius 1 is 1.16 bits per heavy atom. The fourth-order valence-corrected chi connectivity index (χ4v) is 4.79. The fourth-order valence-electron chi connectivity index (χ4n) is 2.92. The average Bonchev–Trinajstić information content (AvgIpc) is 2.99. The van der Waals surface area contributed by atoms with Gasteiger partial charge >= 0.3 is 12.1 Å². The van der Waals surface area contributed by atoms with Crippen LogP contribution >= 0.6 is 7.37 Å². The third-order valence-corrected chi connectivity index (χ3v) is 6.32. The summed E-state index contributed by atoms with van der Waals surface area (Å²) in [4.78, 5) is 37.4. The highest BCUT2D eigenvalue weighted by Gasteiger charge is 2.33. The highest BCUT2D eigenvalue weighted by atomic mass is 31.2. The summed E-state index contributed by atoms with van der Waals surface area (Å²) >= 11 is 0. The second-order valence-corrected chi connectivity index (χ2v) is 8.37. The summed E-state index contributed by atoms with van der Waals surface area (Å²) in [6.45, 7) is 3.06. The van der Waals surface area contributed by atoms with Gasteiger partial charge in [0.25, 0.3) is 0 Å². The fraction of sp³-hybridized carbons (Fsp3) is 0.529. The molecule has 138 valence electrons. The lowest BCUT2D eigenvalue weighted by Gasteiger charge is -2.34. The predicted octanol–water partition coefficient (Wildman–Crippen LogP) is 1.77. The summed E-state index contributed by atoms with van der Waals surface area (Å²) < 4.78 is 22.5. The van der Waals surface area contributed by atoms with E-state index < -0.39 is 37.9 Å².